The SMILES string of the molecule is C=C(/C(C)=C(\N=C/N)C(=O)N1CCC(N2CCC(N(C)S(C)(=O)=O)CC2)CC1)N1CCOC(c2ccc(Cl)cc2)C1. The molecule has 1 unspecified atom stereocenters. The van der Waals surface area contributed by atoms with Crippen LogP contribution in [0.4, 0.5) is 0 Å². The van der Waals surface area contributed by atoms with Gasteiger partial charge in [-0.3, -0.25) is 4.79 Å². The van der Waals surface area contributed by atoms with Gasteiger partial charge in [-0.1, -0.05) is 30.3 Å². The van der Waals surface area contributed by atoms with Gasteiger partial charge in [0.2, 0.25) is 10.0 Å². The maximum absolute atomic E-state index is 13.7. The Morgan fingerprint density at radius 1 is 1.10 bits per heavy atom. The molecule has 12 heteroatoms. The lowest BCUT2D eigenvalue weighted by Crippen LogP contribution is -2.52. The molecule has 0 radical (unpaired) electrons. The van der Waals surface area contributed by atoms with Gasteiger partial charge in [0.05, 0.1) is 19.2 Å². The third-order valence-electron chi connectivity index (χ3n) is 8.69. The zero-order chi connectivity index (χ0) is 29.7. The normalized spacial score (nSPS) is 22.8. The minimum Gasteiger partial charge on any atom is -0.390 e. The number of hydrogen-bond acceptors (Lipinski definition) is 7. The van der Waals surface area contributed by atoms with Crippen LogP contribution in [-0.4, -0.2) is 111 Å². The summed E-state index contributed by atoms with van der Waals surface area (Å²) < 4.78 is 31.3. The van der Waals surface area contributed by atoms with Crippen LogP contribution in [0.2, 0.25) is 5.02 Å². The van der Waals surface area contributed by atoms with E-state index in [1.165, 1.54) is 16.9 Å². The van der Waals surface area contributed by atoms with Crippen molar-refractivity contribution >= 4 is 33.9 Å². The van der Waals surface area contributed by atoms with Crippen molar-refractivity contribution in [2.75, 3.05) is 59.2 Å². The zero-order valence-corrected chi connectivity index (χ0v) is 25.9. The molecule has 0 aromatic heterocycles. The van der Waals surface area contributed by atoms with Crippen molar-refractivity contribution in [1.82, 2.24) is 19.0 Å². The maximum atomic E-state index is 13.7. The Hall–Kier alpha value is -2.44. The molecule has 3 aliphatic rings. The number of allylic oxidation sites excluding steroid dienone is 1. The highest BCUT2D eigenvalue weighted by Crippen LogP contribution is 2.29. The highest BCUT2D eigenvalue weighted by atomic mass is 35.5. The van der Waals surface area contributed by atoms with E-state index in [2.05, 4.69) is 21.4 Å². The Labute approximate surface area is 249 Å². The number of amides is 1. The second kappa shape index (κ2) is 13.7. The lowest BCUT2D eigenvalue weighted by molar-refractivity contribution is -0.128. The van der Waals surface area contributed by atoms with Crippen molar-refractivity contribution in [2.45, 2.75) is 50.8 Å². The predicted molar refractivity (Wildman–Crippen MR) is 163 cm³/mol. The molecule has 3 fully saturated rings. The standard InChI is InChI=1S/C29H43ClN6O4S/c1-21(22(2)36-17-18-40-27(19-36)23-5-7-24(30)8-6-23)28(32-20-31)29(37)35-15-11-26(12-16-35)34-13-9-25(10-14-34)33(3)41(4,38)39/h5-8,20,25-27H,2,9-19H2,1,3-4H3,(H2,31,32)/b28-21-. The molecule has 3 heterocycles. The minimum atomic E-state index is -3.19. The molecule has 3 saturated heterocycles. The van der Waals surface area contributed by atoms with Crippen LogP contribution in [0.3, 0.4) is 0 Å². The van der Waals surface area contributed by atoms with Gasteiger partial charge in [0, 0.05) is 61.6 Å². The Bertz CT molecular complexity index is 1250. The number of nitrogens with two attached hydrogens (primary N) is 1. The number of ether oxygens (including phenoxy) is 1. The fourth-order valence-electron chi connectivity index (χ4n) is 6.00. The fraction of sp³-hybridized carbons (Fsp3) is 0.586. The van der Waals surface area contributed by atoms with Crippen LogP contribution in [0.5, 0.6) is 0 Å². The topological polar surface area (TPSA) is 112 Å². The number of nitrogens with zero attached hydrogens (tertiary/aromatic N) is 5. The Balaban J connectivity index is 1.36. The number of carbonyl (C=O) groups excluding carboxylic acids is 1. The van der Waals surface area contributed by atoms with Crippen molar-refractivity contribution < 1.29 is 17.9 Å². The first-order chi connectivity index (χ1) is 19.5. The number of morpholine rings is 1. The first kappa shape index (κ1) is 31.5. The highest BCUT2D eigenvalue weighted by Gasteiger charge is 2.34. The molecule has 10 nitrogen and oxygen atoms in total. The quantitative estimate of drug-likeness (QED) is 0.210. The van der Waals surface area contributed by atoms with Gasteiger partial charge < -0.3 is 25.2 Å². The van der Waals surface area contributed by atoms with E-state index >= 15 is 0 Å². The number of piperidine rings is 2. The van der Waals surface area contributed by atoms with Gasteiger partial charge >= 0.3 is 0 Å². The van der Waals surface area contributed by atoms with Crippen LogP contribution in [0, 0.1) is 0 Å². The summed E-state index contributed by atoms with van der Waals surface area (Å²) in [5.74, 6) is -0.139. The van der Waals surface area contributed by atoms with Gasteiger partial charge in [0.15, 0.2) is 0 Å². The number of sulfonamides is 1. The van der Waals surface area contributed by atoms with E-state index in [0.717, 1.165) is 50.0 Å². The van der Waals surface area contributed by atoms with Crippen molar-refractivity contribution in [3.63, 3.8) is 0 Å². The summed E-state index contributed by atoms with van der Waals surface area (Å²) in [5, 5.41) is 0.679. The van der Waals surface area contributed by atoms with E-state index in [0.29, 0.717) is 55.1 Å². The van der Waals surface area contributed by atoms with E-state index < -0.39 is 10.0 Å². The summed E-state index contributed by atoms with van der Waals surface area (Å²) in [6.07, 6.45) is 5.68. The van der Waals surface area contributed by atoms with Gasteiger partial charge in [0.1, 0.15) is 11.8 Å². The molecule has 1 atom stereocenters. The number of aliphatic imine (C=N–C) groups is 1. The molecule has 3 aliphatic heterocycles. The third kappa shape index (κ3) is 7.70. The monoisotopic (exact) mass is 606 g/mol. The number of halogens is 1. The van der Waals surface area contributed by atoms with Crippen LogP contribution in [-0.2, 0) is 19.6 Å². The maximum Gasteiger partial charge on any atom is 0.272 e. The molecule has 0 saturated carbocycles. The van der Waals surface area contributed by atoms with Crippen molar-refractivity contribution in [3.05, 3.63) is 58.4 Å². The van der Waals surface area contributed by atoms with E-state index in [-0.39, 0.29) is 18.1 Å². The van der Waals surface area contributed by atoms with Gasteiger partial charge in [0.25, 0.3) is 5.91 Å². The first-order valence-electron chi connectivity index (χ1n) is 14.2. The molecule has 0 bridgehead atoms. The highest BCUT2D eigenvalue weighted by molar-refractivity contribution is 7.88. The molecule has 226 valence electrons. The summed E-state index contributed by atoms with van der Waals surface area (Å²) >= 11 is 6.05. The predicted octanol–water partition coefficient (Wildman–Crippen LogP) is 2.83. The van der Waals surface area contributed by atoms with Gasteiger partial charge in [-0.2, -0.15) is 0 Å². The van der Waals surface area contributed by atoms with Gasteiger partial charge in [-0.25, -0.2) is 17.7 Å². The Kier molecular flexibility index (Phi) is 10.5. The molecule has 1 aromatic rings. The fourth-order valence-corrected chi connectivity index (χ4v) is 6.88. The number of benzene rings is 1. The molecule has 1 aromatic carbocycles. The van der Waals surface area contributed by atoms with Crippen molar-refractivity contribution in [3.8, 4) is 0 Å². The van der Waals surface area contributed by atoms with E-state index in [1.54, 1.807) is 7.05 Å². The van der Waals surface area contributed by atoms with Crippen LogP contribution in [0.15, 0.2) is 52.8 Å². The summed E-state index contributed by atoms with van der Waals surface area (Å²) in [4.78, 5) is 24.4. The minimum absolute atomic E-state index is 0.0498. The van der Waals surface area contributed by atoms with E-state index in [9.17, 15) is 13.2 Å². The average molecular weight is 607 g/mol. The molecule has 1 amide bonds. The number of carbonyl (C=O) groups is 1. The van der Waals surface area contributed by atoms with Crippen molar-refractivity contribution in [2.24, 2.45) is 10.7 Å². The van der Waals surface area contributed by atoms with Crippen LogP contribution >= 0.6 is 11.6 Å². The first-order valence-corrected chi connectivity index (χ1v) is 16.4. The Morgan fingerprint density at radius 2 is 1.73 bits per heavy atom. The summed E-state index contributed by atoms with van der Waals surface area (Å²) in [7, 11) is -1.52. The van der Waals surface area contributed by atoms with Gasteiger partial charge in [-0.05, 0) is 63.4 Å². The lowest BCUT2D eigenvalue weighted by Gasteiger charge is -2.43. The van der Waals surface area contributed by atoms with Crippen LogP contribution < -0.4 is 5.73 Å². The van der Waals surface area contributed by atoms with Gasteiger partial charge in [-0.15, -0.1) is 0 Å². The van der Waals surface area contributed by atoms with E-state index in [4.69, 9.17) is 22.1 Å². The molecular weight excluding hydrogens is 564 g/mol. The lowest BCUT2D eigenvalue weighted by atomic mass is 9.97. The summed E-state index contributed by atoms with van der Waals surface area (Å²) in [6, 6.07) is 8.08. The molecule has 4 rings (SSSR count). The molecular formula is C29H43ClN6O4S. The van der Waals surface area contributed by atoms with E-state index in [1.807, 2.05) is 36.1 Å². The van der Waals surface area contributed by atoms with Crippen LogP contribution in [0.1, 0.15) is 44.3 Å². The molecule has 2 N–H and O–H groups in total. The van der Waals surface area contributed by atoms with Crippen LogP contribution in [0.25, 0.3) is 0 Å². The Morgan fingerprint density at radius 3 is 2.32 bits per heavy atom. The second-order valence-corrected chi connectivity index (χ2v) is 13.6. The molecule has 0 spiro atoms. The molecule has 41 heavy (non-hydrogen) atoms. The largest absolute Gasteiger partial charge is 0.390 e. The smallest absolute Gasteiger partial charge is 0.272 e. The third-order valence-corrected chi connectivity index (χ3v) is 10.3. The molecule has 0 aliphatic carbocycles. The summed E-state index contributed by atoms with van der Waals surface area (Å²) in [5.41, 5.74) is 8.48. The number of rotatable bonds is 8. The number of likely N-dealkylation sites (tertiary alicyclic amines) is 2. The second-order valence-electron chi connectivity index (χ2n) is 11.1. The summed E-state index contributed by atoms with van der Waals surface area (Å²) in [6.45, 7) is 11.0. The average Bonchev–Trinajstić information content (AvgIpc) is 2.98. The number of hydrogen-bond donors (Lipinski definition) is 1. The zero-order valence-electron chi connectivity index (χ0n) is 24.3. The van der Waals surface area contributed by atoms with Crippen molar-refractivity contribution in [1.29, 1.82) is 0 Å².